The number of hydrogen-bond donors (Lipinski definition) is 0. The molecule has 374 valence electrons. The van der Waals surface area contributed by atoms with E-state index in [1.807, 2.05) is 0 Å². The molecule has 0 spiro atoms. The topological polar surface area (TPSA) is 78.9 Å². The van der Waals surface area contributed by atoms with Crippen molar-refractivity contribution < 1.29 is 28.6 Å². The maximum Gasteiger partial charge on any atom is 0.306 e. The van der Waals surface area contributed by atoms with Crippen molar-refractivity contribution in [1.82, 2.24) is 0 Å². The summed E-state index contributed by atoms with van der Waals surface area (Å²) in [4.78, 5) is 38.1. The van der Waals surface area contributed by atoms with E-state index in [2.05, 4.69) is 41.5 Å². The van der Waals surface area contributed by atoms with Gasteiger partial charge in [0.05, 0.1) is 0 Å². The zero-order valence-corrected chi connectivity index (χ0v) is 43.4. The lowest BCUT2D eigenvalue weighted by molar-refractivity contribution is -0.167. The van der Waals surface area contributed by atoms with Crippen LogP contribution in [0.5, 0.6) is 0 Å². The summed E-state index contributed by atoms with van der Waals surface area (Å²) in [7, 11) is 0. The Kier molecular flexibility index (Phi) is 47.1. The van der Waals surface area contributed by atoms with E-state index in [4.69, 9.17) is 14.2 Å². The maximum atomic E-state index is 12.8. The number of rotatable bonds is 50. The van der Waals surface area contributed by atoms with Gasteiger partial charge in [0.2, 0.25) is 0 Å². The van der Waals surface area contributed by atoms with Crippen molar-refractivity contribution in [3.63, 3.8) is 0 Å². The van der Waals surface area contributed by atoms with Crippen LogP contribution in [0.4, 0.5) is 0 Å². The Morgan fingerprint density at radius 2 is 0.556 bits per heavy atom. The van der Waals surface area contributed by atoms with Crippen LogP contribution in [-0.2, 0) is 28.6 Å². The molecule has 0 aliphatic carbocycles. The van der Waals surface area contributed by atoms with Crippen molar-refractivity contribution in [2.24, 2.45) is 17.8 Å². The number of carbonyl (C=O) groups is 3. The molecule has 6 nitrogen and oxygen atoms in total. The summed E-state index contributed by atoms with van der Waals surface area (Å²) in [6, 6.07) is 0. The predicted octanol–water partition coefficient (Wildman–Crippen LogP) is 18.3. The molecule has 6 heteroatoms. The zero-order valence-electron chi connectivity index (χ0n) is 43.4. The van der Waals surface area contributed by atoms with E-state index in [-0.39, 0.29) is 31.1 Å². The first kappa shape index (κ1) is 61.4. The predicted molar refractivity (Wildman–Crippen MR) is 270 cm³/mol. The number of carbonyl (C=O) groups excluding carboxylic acids is 3. The van der Waals surface area contributed by atoms with Gasteiger partial charge in [-0.1, -0.05) is 273 Å². The van der Waals surface area contributed by atoms with Crippen molar-refractivity contribution >= 4 is 17.9 Å². The molecule has 0 saturated heterocycles. The minimum absolute atomic E-state index is 0.0640. The summed E-state index contributed by atoms with van der Waals surface area (Å²) in [6.07, 6.45) is 49.4. The molecule has 0 saturated carbocycles. The highest BCUT2D eigenvalue weighted by Gasteiger charge is 2.19. The highest BCUT2D eigenvalue weighted by molar-refractivity contribution is 5.71. The Bertz CT molecular complexity index is 978. The van der Waals surface area contributed by atoms with Gasteiger partial charge >= 0.3 is 17.9 Å². The highest BCUT2D eigenvalue weighted by Crippen LogP contribution is 2.18. The van der Waals surface area contributed by atoms with Gasteiger partial charge in [0, 0.05) is 19.3 Å². The Balaban J connectivity index is 4.30. The lowest BCUT2D eigenvalue weighted by Gasteiger charge is -2.18. The minimum atomic E-state index is -0.763. The molecule has 0 aliphatic rings. The van der Waals surface area contributed by atoms with Crippen molar-refractivity contribution in [3.8, 4) is 0 Å². The molecule has 0 heterocycles. The Morgan fingerprint density at radius 3 is 0.825 bits per heavy atom. The molecule has 0 aromatic rings. The molecular formula is C57H110O6. The SMILES string of the molecule is CCC(C)CCCCCCCCCCCCC(=O)O[C@H](COC(=O)CCCCCCCCCCCCCCCCCC(C)C)COC(=O)CCCCCCCCCCCCC(C)C. The first-order valence-corrected chi connectivity index (χ1v) is 28.1. The molecule has 2 atom stereocenters. The van der Waals surface area contributed by atoms with Crippen LogP contribution in [0.2, 0.25) is 0 Å². The number of unbranched alkanes of at least 4 members (excludes halogenated alkanes) is 32. The molecule has 0 aromatic carbocycles. The molecule has 0 aromatic heterocycles. The van der Waals surface area contributed by atoms with Gasteiger partial charge < -0.3 is 14.2 Å². The molecule has 0 N–H and O–H groups in total. The van der Waals surface area contributed by atoms with Gasteiger partial charge in [-0.15, -0.1) is 0 Å². The van der Waals surface area contributed by atoms with Crippen LogP contribution in [0.25, 0.3) is 0 Å². The smallest absolute Gasteiger partial charge is 0.306 e. The average Bonchev–Trinajstić information content (AvgIpc) is 3.25. The molecule has 63 heavy (non-hydrogen) atoms. The van der Waals surface area contributed by atoms with E-state index >= 15 is 0 Å². The Morgan fingerprint density at radius 1 is 0.317 bits per heavy atom. The lowest BCUT2D eigenvalue weighted by Crippen LogP contribution is -2.30. The second kappa shape index (κ2) is 48.3. The van der Waals surface area contributed by atoms with Gasteiger partial charge in [-0.25, -0.2) is 0 Å². The standard InChI is InChI=1S/C57H110O6/c1-7-53(6)45-39-33-27-21-16-18-24-30-36-42-48-57(60)63-54(50-62-56(59)47-41-35-29-23-17-15-20-26-32-38-44-52(4)5)49-61-55(58)46-40-34-28-22-14-12-10-8-9-11-13-19-25-31-37-43-51(2)3/h51-54H,7-50H2,1-6H3/t53?,54-/m1/s1. The van der Waals surface area contributed by atoms with Crippen LogP contribution < -0.4 is 0 Å². The maximum absolute atomic E-state index is 12.8. The fourth-order valence-electron chi connectivity index (χ4n) is 8.61. The summed E-state index contributed by atoms with van der Waals surface area (Å²) in [5.74, 6) is 1.69. The first-order valence-electron chi connectivity index (χ1n) is 28.1. The third-order valence-corrected chi connectivity index (χ3v) is 13.3. The van der Waals surface area contributed by atoms with Crippen molar-refractivity contribution in [3.05, 3.63) is 0 Å². The quantitative estimate of drug-likeness (QED) is 0.0344. The molecule has 0 radical (unpaired) electrons. The van der Waals surface area contributed by atoms with Gasteiger partial charge in [-0.2, -0.15) is 0 Å². The molecule has 0 aliphatic heterocycles. The average molecular weight is 892 g/mol. The minimum Gasteiger partial charge on any atom is -0.462 e. The molecule has 0 rings (SSSR count). The van der Waals surface area contributed by atoms with Crippen LogP contribution >= 0.6 is 0 Å². The van der Waals surface area contributed by atoms with Gasteiger partial charge in [0.1, 0.15) is 13.2 Å². The van der Waals surface area contributed by atoms with E-state index < -0.39 is 6.10 Å². The van der Waals surface area contributed by atoms with Crippen LogP contribution in [0.15, 0.2) is 0 Å². The normalized spacial score (nSPS) is 12.6. The van der Waals surface area contributed by atoms with Crippen LogP contribution in [-0.4, -0.2) is 37.2 Å². The monoisotopic (exact) mass is 891 g/mol. The lowest BCUT2D eigenvalue weighted by atomic mass is 9.99. The van der Waals surface area contributed by atoms with E-state index in [0.29, 0.717) is 19.3 Å². The van der Waals surface area contributed by atoms with Gasteiger partial charge in [-0.3, -0.25) is 14.4 Å². The van der Waals surface area contributed by atoms with Crippen LogP contribution in [0.3, 0.4) is 0 Å². The zero-order chi connectivity index (χ0) is 46.3. The van der Waals surface area contributed by atoms with E-state index in [9.17, 15) is 14.4 Å². The number of ether oxygens (including phenoxy) is 3. The first-order chi connectivity index (χ1) is 30.6. The van der Waals surface area contributed by atoms with Crippen LogP contribution in [0, 0.1) is 17.8 Å². The second-order valence-electron chi connectivity index (χ2n) is 20.8. The molecular weight excluding hydrogens is 781 g/mol. The summed E-state index contributed by atoms with van der Waals surface area (Å²) in [5, 5.41) is 0. The van der Waals surface area contributed by atoms with E-state index in [1.54, 1.807) is 0 Å². The third kappa shape index (κ3) is 49.7. The van der Waals surface area contributed by atoms with E-state index in [1.165, 1.54) is 193 Å². The van der Waals surface area contributed by atoms with Crippen molar-refractivity contribution in [1.29, 1.82) is 0 Å². The summed E-state index contributed by atoms with van der Waals surface area (Å²) < 4.78 is 16.9. The number of hydrogen-bond acceptors (Lipinski definition) is 6. The van der Waals surface area contributed by atoms with Gasteiger partial charge in [0.15, 0.2) is 6.10 Å². The van der Waals surface area contributed by atoms with Gasteiger partial charge in [0.25, 0.3) is 0 Å². The Labute approximate surface area is 393 Å². The fourth-order valence-corrected chi connectivity index (χ4v) is 8.61. The van der Waals surface area contributed by atoms with Crippen molar-refractivity contribution in [2.75, 3.05) is 13.2 Å². The highest BCUT2D eigenvalue weighted by atomic mass is 16.6. The molecule has 0 bridgehead atoms. The van der Waals surface area contributed by atoms with Crippen LogP contribution in [0.1, 0.15) is 311 Å². The molecule has 0 amide bonds. The molecule has 0 fully saturated rings. The summed E-state index contributed by atoms with van der Waals surface area (Å²) in [6.45, 7) is 13.8. The Hall–Kier alpha value is -1.59. The van der Waals surface area contributed by atoms with Crippen molar-refractivity contribution in [2.45, 2.75) is 317 Å². The fraction of sp³-hybridized carbons (Fsp3) is 0.947. The summed E-state index contributed by atoms with van der Waals surface area (Å²) in [5.41, 5.74) is 0. The van der Waals surface area contributed by atoms with Gasteiger partial charge in [-0.05, 0) is 37.0 Å². The largest absolute Gasteiger partial charge is 0.462 e. The molecule has 1 unspecified atom stereocenters. The number of esters is 3. The summed E-state index contributed by atoms with van der Waals surface area (Å²) >= 11 is 0. The third-order valence-electron chi connectivity index (χ3n) is 13.3. The van der Waals surface area contributed by atoms with E-state index in [0.717, 1.165) is 75.5 Å². The second-order valence-corrected chi connectivity index (χ2v) is 20.8.